The van der Waals surface area contributed by atoms with Crippen molar-refractivity contribution in [2.45, 2.75) is 0 Å². The standard InChI is InChI=1S/C9H5Br2NO/c10-8-4-2-1-3-6(8)7-5-13-12-9(7)11/h1-5H. The van der Waals surface area contributed by atoms with Gasteiger partial charge in [-0.3, -0.25) is 0 Å². The van der Waals surface area contributed by atoms with E-state index in [1.165, 1.54) is 0 Å². The van der Waals surface area contributed by atoms with Gasteiger partial charge >= 0.3 is 0 Å². The summed E-state index contributed by atoms with van der Waals surface area (Å²) in [5.41, 5.74) is 2.02. The summed E-state index contributed by atoms with van der Waals surface area (Å²) in [6.45, 7) is 0. The van der Waals surface area contributed by atoms with Crippen molar-refractivity contribution in [2.75, 3.05) is 0 Å². The molecule has 0 radical (unpaired) electrons. The van der Waals surface area contributed by atoms with Crippen LogP contribution >= 0.6 is 31.9 Å². The second-order valence-electron chi connectivity index (χ2n) is 2.50. The molecule has 0 atom stereocenters. The van der Waals surface area contributed by atoms with Crippen LogP contribution in [-0.4, -0.2) is 5.16 Å². The van der Waals surface area contributed by atoms with Crippen LogP contribution in [0.15, 0.2) is 44.1 Å². The van der Waals surface area contributed by atoms with Crippen molar-refractivity contribution in [3.8, 4) is 11.1 Å². The van der Waals surface area contributed by atoms with Crippen LogP contribution in [0.25, 0.3) is 11.1 Å². The smallest absolute Gasteiger partial charge is 0.157 e. The van der Waals surface area contributed by atoms with Gasteiger partial charge in [0.05, 0.1) is 5.56 Å². The Bertz CT molecular complexity index is 425. The van der Waals surface area contributed by atoms with Gasteiger partial charge in [0.15, 0.2) is 4.60 Å². The molecular formula is C9H5Br2NO. The lowest BCUT2D eigenvalue weighted by molar-refractivity contribution is 0.416. The van der Waals surface area contributed by atoms with Crippen LogP contribution < -0.4 is 0 Å². The zero-order valence-corrected chi connectivity index (χ0v) is 9.67. The second kappa shape index (κ2) is 3.64. The Labute approximate surface area is 92.2 Å². The summed E-state index contributed by atoms with van der Waals surface area (Å²) < 4.78 is 6.59. The SMILES string of the molecule is Brc1ccccc1-c1conc1Br. The minimum Gasteiger partial charge on any atom is -0.363 e. The maximum Gasteiger partial charge on any atom is 0.157 e. The van der Waals surface area contributed by atoms with E-state index in [1.807, 2.05) is 24.3 Å². The fraction of sp³-hybridized carbons (Fsp3) is 0. The Kier molecular flexibility index (Phi) is 2.51. The minimum atomic E-state index is 0.722. The van der Waals surface area contributed by atoms with Crippen LogP contribution in [-0.2, 0) is 0 Å². The molecule has 4 heteroatoms. The first-order chi connectivity index (χ1) is 6.29. The molecule has 2 nitrogen and oxygen atoms in total. The number of aromatic nitrogens is 1. The van der Waals surface area contributed by atoms with Gasteiger partial charge in [0, 0.05) is 10.0 Å². The average Bonchev–Trinajstić information content (AvgIpc) is 2.52. The van der Waals surface area contributed by atoms with Crippen molar-refractivity contribution in [3.63, 3.8) is 0 Å². The molecule has 1 heterocycles. The lowest BCUT2D eigenvalue weighted by Gasteiger charge is -1.99. The van der Waals surface area contributed by atoms with E-state index >= 15 is 0 Å². The summed E-state index contributed by atoms with van der Waals surface area (Å²) in [6.07, 6.45) is 1.62. The molecule has 0 N–H and O–H groups in total. The molecule has 2 aromatic rings. The highest BCUT2D eigenvalue weighted by Crippen LogP contribution is 2.32. The summed E-state index contributed by atoms with van der Waals surface area (Å²) >= 11 is 6.77. The number of nitrogens with zero attached hydrogens (tertiary/aromatic N) is 1. The molecular weight excluding hydrogens is 298 g/mol. The summed E-state index contributed by atoms with van der Waals surface area (Å²) in [7, 11) is 0. The Hall–Kier alpha value is -0.610. The number of benzene rings is 1. The van der Waals surface area contributed by atoms with E-state index in [0.29, 0.717) is 0 Å². The molecule has 0 saturated carbocycles. The molecule has 0 aliphatic heterocycles. The van der Waals surface area contributed by atoms with E-state index in [9.17, 15) is 0 Å². The van der Waals surface area contributed by atoms with Gasteiger partial charge in [0.2, 0.25) is 0 Å². The van der Waals surface area contributed by atoms with Crippen molar-refractivity contribution in [2.24, 2.45) is 0 Å². The molecule has 1 aromatic carbocycles. The Morgan fingerprint density at radius 1 is 1.08 bits per heavy atom. The van der Waals surface area contributed by atoms with Crippen LogP contribution in [0.2, 0.25) is 0 Å². The van der Waals surface area contributed by atoms with E-state index in [0.717, 1.165) is 20.2 Å². The highest BCUT2D eigenvalue weighted by molar-refractivity contribution is 9.11. The van der Waals surface area contributed by atoms with Crippen LogP contribution in [0.1, 0.15) is 0 Å². The van der Waals surface area contributed by atoms with Gasteiger partial charge in [-0.25, -0.2) is 0 Å². The van der Waals surface area contributed by atoms with Gasteiger partial charge in [-0.1, -0.05) is 39.3 Å². The van der Waals surface area contributed by atoms with Crippen molar-refractivity contribution in [3.05, 3.63) is 39.6 Å². The first-order valence-electron chi connectivity index (χ1n) is 3.64. The Morgan fingerprint density at radius 3 is 2.46 bits per heavy atom. The van der Waals surface area contributed by atoms with Crippen LogP contribution in [0, 0.1) is 0 Å². The average molecular weight is 303 g/mol. The topological polar surface area (TPSA) is 26.0 Å². The van der Waals surface area contributed by atoms with Gasteiger partial charge in [-0.05, 0) is 22.0 Å². The van der Waals surface area contributed by atoms with E-state index in [4.69, 9.17) is 4.52 Å². The third-order valence-electron chi connectivity index (χ3n) is 1.69. The van der Waals surface area contributed by atoms with Gasteiger partial charge in [0.1, 0.15) is 6.26 Å². The maximum atomic E-state index is 4.84. The molecule has 66 valence electrons. The highest BCUT2D eigenvalue weighted by atomic mass is 79.9. The first-order valence-corrected chi connectivity index (χ1v) is 5.22. The molecule has 0 saturated heterocycles. The Balaban J connectivity index is 2.59. The number of hydrogen-bond donors (Lipinski definition) is 0. The van der Waals surface area contributed by atoms with Crippen molar-refractivity contribution < 1.29 is 4.52 Å². The number of hydrogen-bond acceptors (Lipinski definition) is 2. The molecule has 0 aliphatic rings. The lowest BCUT2D eigenvalue weighted by Crippen LogP contribution is -1.76. The second-order valence-corrected chi connectivity index (χ2v) is 4.10. The first kappa shape index (κ1) is 8.97. The summed E-state index contributed by atoms with van der Waals surface area (Å²) in [6, 6.07) is 7.92. The van der Waals surface area contributed by atoms with Gasteiger partial charge in [0.25, 0.3) is 0 Å². The molecule has 1 aromatic heterocycles. The number of halogens is 2. The summed E-state index contributed by atoms with van der Waals surface area (Å²) in [5, 5.41) is 3.75. The molecule has 0 aliphatic carbocycles. The van der Waals surface area contributed by atoms with Gasteiger partial charge < -0.3 is 4.52 Å². The summed E-state index contributed by atoms with van der Waals surface area (Å²) in [4.78, 5) is 0. The lowest BCUT2D eigenvalue weighted by atomic mass is 10.1. The van der Waals surface area contributed by atoms with Crippen LogP contribution in [0.3, 0.4) is 0 Å². The quantitative estimate of drug-likeness (QED) is 0.799. The van der Waals surface area contributed by atoms with Crippen molar-refractivity contribution in [1.82, 2.24) is 5.16 Å². The fourth-order valence-corrected chi connectivity index (χ4v) is 1.97. The maximum absolute atomic E-state index is 4.84. The largest absolute Gasteiger partial charge is 0.363 e. The molecule has 0 fully saturated rings. The van der Waals surface area contributed by atoms with Gasteiger partial charge in [-0.2, -0.15) is 0 Å². The molecule has 0 unspecified atom stereocenters. The molecule has 13 heavy (non-hydrogen) atoms. The fourth-order valence-electron chi connectivity index (χ4n) is 1.08. The molecule has 0 spiro atoms. The zero-order valence-electron chi connectivity index (χ0n) is 6.50. The number of rotatable bonds is 1. The molecule has 0 amide bonds. The van der Waals surface area contributed by atoms with Crippen LogP contribution in [0.5, 0.6) is 0 Å². The predicted octanol–water partition coefficient (Wildman–Crippen LogP) is 3.87. The van der Waals surface area contributed by atoms with Gasteiger partial charge in [-0.15, -0.1) is 0 Å². The normalized spacial score (nSPS) is 10.3. The van der Waals surface area contributed by atoms with E-state index in [1.54, 1.807) is 6.26 Å². The monoisotopic (exact) mass is 301 g/mol. The van der Waals surface area contributed by atoms with Crippen molar-refractivity contribution in [1.29, 1.82) is 0 Å². The predicted molar refractivity (Wildman–Crippen MR) is 57.3 cm³/mol. The van der Waals surface area contributed by atoms with E-state index in [-0.39, 0.29) is 0 Å². The van der Waals surface area contributed by atoms with Crippen LogP contribution in [0.4, 0.5) is 0 Å². The molecule has 2 rings (SSSR count). The van der Waals surface area contributed by atoms with Crippen molar-refractivity contribution >= 4 is 31.9 Å². The third-order valence-corrected chi connectivity index (χ3v) is 2.95. The third kappa shape index (κ3) is 1.69. The van der Waals surface area contributed by atoms with E-state index < -0.39 is 0 Å². The zero-order chi connectivity index (χ0) is 9.26. The Morgan fingerprint density at radius 2 is 1.85 bits per heavy atom. The van der Waals surface area contributed by atoms with E-state index in [2.05, 4.69) is 37.0 Å². The minimum absolute atomic E-state index is 0.722. The molecule has 0 bridgehead atoms. The highest BCUT2D eigenvalue weighted by Gasteiger charge is 2.09. The summed E-state index contributed by atoms with van der Waals surface area (Å²) in [5.74, 6) is 0.